The van der Waals surface area contributed by atoms with Crippen molar-refractivity contribution in [3.05, 3.63) is 36.2 Å². The predicted octanol–water partition coefficient (Wildman–Crippen LogP) is 1.60. The molecule has 0 saturated heterocycles. The van der Waals surface area contributed by atoms with Gasteiger partial charge in [0.1, 0.15) is 5.69 Å². The van der Waals surface area contributed by atoms with Gasteiger partial charge in [0, 0.05) is 31.0 Å². The lowest BCUT2D eigenvalue weighted by molar-refractivity contribution is 0.348. The molecule has 2 aromatic heterocycles. The normalized spacial score (nSPS) is 14.2. The van der Waals surface area contributed by atoms with Crippen molar-refractivity contribution in [2.24, 2.45) is 0 Å². The third-order valence-corrected chi connectivity index (χ3v) is 3.53. The standard InChI is InChI=1S/C15H20N4O2/c1-20-14-5-6-16-13(15(14)21-2)9-19-8-12(18-10-19)7-17-11-3-4-11/h5-6,8,10-11,17H,3-4,7,9H2,1-2H3. The predicted molar refractivity (Wildman–Crippen MR) is 78.5 cm³/mol. The van der Waals surface area contributed by atoms with E-state index in [1.54, 1.807) is 26.5 Å². The Morgan fingerprint density at radius 1 is 1.29 bits per heavy atom. The van der Waals surface area contributed by atoms with Crippen molar-refractivity contribution in [2.45, 2.75) is 32.0 Å². The van der Waals surface area contributed by atoms with Crippen LogP contribution in [0.25, 0.3) is 0 Å². The molecule has 2 aromatic rings. The smallest absolute Gasteiger partial charge is 0.184 e. The molecule has 1 saturated carbocycles. The van der Waals surface area contributed by atoms with E-state index < -0.39 is 0 Å². The average Bonchev–Trinajstić information content (AvgIpc) is 3.24. The molecule has 0 radical (unpaired) electrons. The summed E-state index contributed by atoms with van der Waals surface area (Å²) in [5.74, 6) is 1.37. The maximum absolute atomic E-state index is 5.40. The van der Waals surface area contributed by atoms with Crippen molar-refractivity contribution < 1.29 is 9.47 Å². The molecule has 3 rings (SSSR count). The van der Waals surface area contributed by atoms with Crippen molar-refractivity contribution in [1.29, 1.82) is 0 Å². The fourth-order valence-electron chi connectivity index (χ4n) is 2.26. The SMILES string of the molecule is COc1ccnc(Cn2cnc(CNC3CC3)c2)c1OC. The van der Waals surface area contributed by atoms with Gasteiger partial charge in [-0.1, -0.05) is 0 Å². The van der Waals surface area contributed by atoms with Crippen LogP contribution >= 0.6 is 0 Å². The van der Waals surface area contributed by atoms with E-state index in [0.717, 1.165) is 17.9 Å². The molecule has 1 aliphatic rings. The first-order valence-electron chi connectivity index (χ1n) is 7.10. The molecule has 0 atom stereocenters. The van der Waals surface area contributed by atoms with E-state index in [2.05, 4.69) is 15.3 Å². The summed E-state index contributed by atoms with van der Waals surface area (Å²) in [5.41, 5.74) is 1.87. The van der Waals surface area contributed by atoms with Gasteiger partial charge in [-0.3, -0.25) is 4.98 Å². The molecule has 6 heteroatoms. The quantitative estimate of drug-likeness (QED) is 0.838. The third-order valence-electron chi connectivity index (χ3n) is 3.53. The topological polar surface area (TPSA) is 61.2 Å². The third kappa shape index (κ3) is 3.33. The minimum atomic E-state index is 0.608. The van der Waals surface area contributed by atoms with Gasteiger partial charge in [0.25, 0.3) is 0 Å². The Balaban J connectivity index is 1.70. The first-order valence-corrected chi connectivity index (χ1v) is 7.10. The molecular weight excluding hydrogens is 268 g/mol. The van der Waals surface area contributed by atoms with Crippen LogP contribution in [0.2, 0.25) is 0 Å². The molecule has 1 N–H and O–H groups in total. The number of hydrogen-bond acceptors (Lipinski definition) is 5. The van der Waals surface area contributed by atoms with Gasteiger partial charge >= 0.3 is 0 Å². The number of methoxy groups -OCH3 is 2. The molecule has 0 aliphatic heterocycles. The highest BCUT2D eigenvalue weighted by molar-refractivity contribution is 5.42. The first-order chi connectivity index (χ1) is 10.3. The van der Waals surface area contributed by atoms with Crippen molar-refractivity contribution in [3.8, 4) is 11.5 Å². The summed E-state index contributed by atoms with van der Waals surface area (Å²) < 4.78 is 12.7. The van der Waals surface area contributed by atoms with Gasteiger partial charge in [0.2, 0.25) is 0 Å². The summed E-state index contributed by atoms with van der Waals surface area (Å²) in [6.07, 6.45) is 8.15. The number of rotatable bonds is 7. The summed E-state index contributed by atoms with van der Waals surface area (Å²) in [4.78, 5) is 8.79. The van der Waals surface area contributed by atoms with Crippen LogP contribution in [0.1, 0.15) is 24.2 Å². The van der Waals surface area contributed by atoms with Gasteiger partial charge in [-0.05, 0) is 12.8 Å². The molecule has 0 bridgehead atoms. The second kappa shape index (κ2) is 6.13. The highest BCUT2D eigenvalue weighted by Crippen LogP contribution is 2.29. The largest absolute Gasteiger partial charge is 0.493 e. The molecule has 6 nitrogen and oxygen atoms in total. The van der Waals surface area contributed by atoms with E-state index in [-0.39, 0.29) is 0 Å². The van der Waals surface area contributed by atoms with Crippen molar-refractivity contribution >= 4 is 0 Å². The number of pyridine rings is 1. The molecule has 0 amide bonds. The van der Waals surface area contributed by atoms with Crippen LogP contribution in [0, 0.1) is 0 Å². The van der Waals surface area contributed by atoms with Crippen molar-refractivity contribution in [2.75, 3.05) is 14.2 Å². The van der Waals surface area contributed by atoms with Crippen LogP contribution in [-0.4, -0.2) is 34.8 Å². The minimum Gasteiger partial charge on any atom is -0.493 e. The lowest BCUT2D eigenvalue weighted by Crippen LogP contribution is -2.15. The zero-order valence-corrected chi connectivity index (χ0v) is 12.4. The average molecular weight is 288 g/mol. The van der Waals surface area contributed by atoms with Crippen LogP contribution in [0.15, 0.2) is 24.8 Å². The zero-order chi connectivity index (χ0) is 14.7. The van der Waals surface area contributed by atoms with Gasteiger partial charge in [0.05, 0.1) is 32.8 Å². The number of aromatic nitrogens is 3. The molecule has 1 aliphatic carbocycles. The van der Waals surface area contributed by atoms with E-state index in [9.17, 15) is 0 Å². The van der Waals surface area contributed by atoms with Crippen molar-refractivity contribution in [1.82, 2.24) is 19.9 Å². The fourth-order valence-corrected chi connectivity index (χ4v) is 2.26. The van der Waals surface area contributed by atoms with Crippen LogP contribution in [0.3, 0.4) is 0 Å². The van der Waals surface area contributed by atoms with Crippen LogP contribution in [0.5, 0.6) is 11.5 Å². The van der Waals surface area contributed by atoms with Crippen molar-refractivity contribution in [3.63, 3.8) is 0 Å². The van der Waals surface area contributed by atoms with Gasteiger partial charge in [-0.15, -0.1) is 0 Å². The zero-order valence-electron chi connectivity index (χ0n) is 12.4. The highest BCUT2D eigenvalue weighted by Gasteiger charge is 2.20. The van der Waals surface area contributed by atoms with Crippen LogP contribution in [-0.2, 0) is 13.1 Å². The number of nitrogens with one attached hydrogen (secondary N) is 1. The Bertz CT molecular complexity index is 607. The lowest BCUT2D eigenvalue weighted by Gasteiger charge is -2.11. The number of ether oxygens (including phenoxy) is 2. The maximum Gasteiger partial charge on any atom is 0.184 e. The fraction of sp³-hybridized carbons (Fsp3) is 0.467. The highest BCUT2D eigenvalue weighted by atomic mass is 16.5. The Labute approximate surface area is 124 Å². The molecule has 0 aromatic carbocycles. The number of hydrogen-bond donors (Lipinski definition) is 1. The van der Waals surface area contributed by atoms with Crippen LogP contribution < -0.4 is 14.8 Å². The lowest BCUT2D eigenvalue weighted by atomic mass is 10.3. The Kier molecular flexibility index (Phi) is 4.06. The van der Waals surface area contributed by atoms with E-state index >= 15 is 0 Å². The summed E-state index contributed by atoms with van der Waals surface area (Å²) in [6.45, 7) is 1.43. The molecule has 0 spiro atoms. The Hall–Kier alpha value is -2.08. The molecule has 1 fully saturated rings. The molecule has 21 heavy (non-hydrogen) atoms. The maximum atomic E-state index is 5.40. The second-order valence-corrected chi connectivity index (χ2v) is 5.19. The van der Waals surface area contributed by atoms with Gasteiger partial charge < -0.3 is 19.4 Å². The van der Waals surface area contributed by atoms with Gasteiger partial charge in [-0.25, -0.2) is 4.98 Å². The number of nitrogens with zero attached hydrogens (tertiary/aromatic N) is 3. The second-order valence-electron chi connectivity index (χ2n) is 5.19. The van der Waals surface area contributed by atoms with E-state index in [0.29, 0.717) is 24.1 Å². The monoisotopic (exact) mass is 288 g/mol. The molecule has 2 heterocycles. The van der Waals surface area contributed by atoms with Crippen LogP contribution in [0.4, 0.5) is 0 Å². The Morgan fingerprint density at radius 3 is 2.86 bits per heavy atom. The van der Waals surface area contributed by atoms with E-state index in [4.69, 9.17) is 9.47 Å². The summed E-state index contributed by atoms with van der Waals surface area (Å²) >= 11 is 0. The minimum absolute atomic E-state index is 0.608. The molecule has 112 valence electrons. The van der Waals surface area contributed by atoms with Gasteiger partial charge in [-0.2, -0.15) is 0 Å². The summed E-state index contributed by atoms with van der Waals surface area (Å²) in [6, 6.07) is 2.48. The summed E-state index contributed by atoms with van der Waals surface area (Å²) in [5, 5.41) is 3.45. The molecular formula is C15H20N4O2. The Morgan fingerprint density at radius 2 is 2.14 bits per heavy atom. The van der Waals surface area contributed by atoms with E-state index in [1.807, 2.05) is 17.1 Å². The van der Waals surface area contributed by atoms with Gasteiger partial charge in [0.15, 0.2) is 11.5 Å². The number of imidazole rings is 1. The first kappa shape index (κ1) is 13.9. The molecule has 0 unspecified atom stereocenters. The summed E-state index contributed by atoms with van der Waals surface area (Å²) in [7, 11) is 3.25. The van der Waals surface area contributed by atoms with E-state index in [1.165, 1.54) is 12.8 Å².